The Morgan fingerprint density at radius 3 is 2.05 bits per heavy atom. The highest BCUT2D eigenvalue weighted by molar-refractivity contribution is 4.98. The molecule has 1 fully saturated rings. The van der Waals surface area contributed by atoms with Gasteiger partial charge >= 0.3 is 0 Å². The number of nitrogens with zero attached hydrogens (tertiary/aromatic N) is 1. The average molecular weight is 279 g/mol. The Kier molecular flexibility index (Phi) is 5.72. The smallest absolute Gasteiger partial charge is 0.253 e. The number of halogens is 3. The third-order valence-corrected chi connectivity index (χ3v) is 4.93. The van der Waals surface area contributed by atoms with E-state index in [9.17, 15) is 13.2 Å². The Balaban J connectivity index is 2.71. The first-order chi connectivity index (χ1) is 8.79. The summed E-state index contributed by atoms with van der Waals surface area (Å²) in [6.45, 7) is 8.74. The van der Waals surface area contributed by atoms with Crippen molar-refractivity contribution in [2.75, 3.05) is 19.6 Å². The number of rotatable bonds is 6. The number of likely N-dealkylation sites (tertiary alicyclic amines) is 1. The molecule has 1 aliphatic rings. The molecule has 1 unspecified atom stereocenters. The first kappa shape index (κ1) is 16.8. The van der Waals surface area contributed by atoms with Gasteiger partial charge in [-0.15, -0.1) is 0 Å². The molecule has 114 valence electrons. The molecular formula is C15H28F3N. The van der Waals surface area contributed by atoms with Crippen LogP contribution in [0.1, 0.15) is 53.4 Å². The standard InChI is InChI=1S/C15H28F3N/c1-5-13(16)11-19-9-7-14(8-10-19,12(3)4)15(17,18)6-2/h12-13H,5-11H2,1-4H3. The summed E-state index contributed by atoms with van der Waals surface area (Å²) in [6.07, 6.45) is 0.505. The van der Waals surface area contributed by atoms with E-state index in [2.05, 4.69) is 0 Å². The van der Waals surface area contributed by atoms with E-state index < -0.39 is 17.5 Å². The van der Waals surface area contributed by atoms with Crippen LogP contribution < -0.4 is 0 Å². The number of alkyl halides is 3. The van der Waals surface area contributed by atoms with E-state index >= 15 is 0 Å². The van der Waals surface area contributed by atoms with Crippen molar-refractivity contribution in [2.45, 2.75) is 65.5 Å². The Bertz CT molecular complexity index is 271. The zero-order chi connectivity index (χ0) is 14.7. The molecule has 19 heavy (non-hydrogen) atoms. The number of piperidine rings is 1. The van der Waals surface area contributed by atoms with E-state index in [1.165, 1.54) is 0 Å². The molecule has 1 heterocycles. The normalized spacial score (nSPS) is 22.7. The summed E-state index contributed by atoms with van der Waals surface area (Å²) in [5.41, 5.74) is -0.906. The third-order valence-electron chi connectivity index (χ3n) is 4.93. The fourth-order valence-corrected chi connectivity index (χ4v) is 3.26. The van der Waals surface area contributed by atoms with Crippen LogP contribution >= 0.6 is 0 Å². The van der Waals surface area contributed by atoms with E-state index in [0.717, 1.165) is 0 Å². The van der Waals surface area contributed by atoms with Crippen molar-refractivity contribution < 1.29 is 13.2 Å². The molecule has 1 atom stereocenters. The minimum absolute atomic E-state index is 0.0445. The molecule has 1 saturated heterocycles. The van der Waals surface area contributed by atoms with Gasteiger partial charge in [-0.05, 0) is 38.3 Å². The van der Waals surface area contributed by atoms with Crippen molar-refractivity contribution >= 4 is 0 Å². The molecule has 0 N–H and O–H groups in total. The Labute approximate surface area is 115 Å². The minimum atomic E-state index is -2.62. The lowest BCUT2D eigenvalue weighted by Gasteiger charge is -2.49. The lowest BCUT2D eigenvalue weighted by molar-refractivity contribution is -0.171. The van der Waals surface area contributed by atoms with Gasteiger partial charge in [0.25, 0.3) is 5.92 Å². The monoisotopic (exact) mass is 279 g/mol. The fourth-order valence-electron chi connectivity index (χ4n) is 3.26. The summed E-state index contributed by atoms with van der Waals surface area (Å²) in [6, 6.07) is 0. The molecule has 4 heteroatoms. The van der Waals surface area contributed by atoms with Gasteiger partial charge in [0.2, 0.25) is 0 Å². The van der Waals surface area contributed by atoms with Crippen molar-refractivity contribution in [3.05, 3.63) is 0 Å². The Morgan fingerprint density at radius 2 is 1.68 bits per heavy atom. The first-order valence-electron chi connectivity index (χ1n) is 7.53. The van der Waals surface area contributed by atoms with Crippen molar-refractivity contribution in [2.24, 2.45) is 11.3 Å². The van der Waals surface area contributed by atoms with Crippen LogP contribution in [0.15, 0.2) is 0 Å². The molecule has 0 bridgehead atoms. The maximum absolute atomic E-state index is 14.3. The van der Waals surface area contributed by atoms with E-state index in [1.807, 2.05) is 25.7 Å². The molecule has 0 aromatic rings. The second kappa shape index (κ2) is 6.47. The van der Waals surface area contributed by atoms with Gasteiger partial charge in [-0.3, -0.25) is 0 Å². The Morgan fingerprint density at radius 1 is 1.16 bits per heavy atom. The summed E-state index contributed by atoms with van der Waals surface area (Å²) in [5.74, 6) is -2.66. The highest BCUT2D eigenvalue weighted by atomic mass is 19.3. The molecule has 0 spiro atoms. The molecule has 0 amide bonds. The summed E-state index contributed by atoms with van der Waals surface area (Å²) in [4.78, 5) is 2.00. The van der Waals surface area contributed by atoms with E-state index in [1.54, 1.807) is 6.92 Å². The molecule has 0 saturated carbocycles. The van der Waals surface area contributed by atoms with Crippen LogP contribution in [0.5, 0.6) is 0 Å². The minimum Gasteiger partial charge on any atom is -0.300 e. The van der Waals surface area contributed by atoms with E-state index in [-0.39, 0.29) is 12.3 Å². The highest BCUT2D eigenvalue weighted by Gasteiger charge is 2.54. The molecular weight excluding hydrogens is 251 g/mol. The van der Waals surface area contributed by atoms with Crippen LogP contribution in [0.4, 0.5) is 13.2 Å². The van der Waals surface area contributed by atoms with Crippen LogP contribution in [0, 0.1) is 11.3 Å². The van der Waals surface area contributed by atoms with Gasteiger partial charge < -0.3 is 4.90 Å². The zero-order valence-electron chi connectivity index (χ0n) is 12.7. The van der Waals surface area contributed by atoms with Crippen LogP contribution in [-0.4, -0.2) is 36.6 Å². The van der Waals surface area contributed by atoms with Crippen molar-refractivity contribution in [1.29, 1.82) is 0 Å². The maximum Gasteiger partial charge on any atom is 0.253 e. The van der Waals surface area contributed by atoms with Crippen molar-refractivity contribution in [3.63, 3.8) is 0 Å². The SMILES string of the molecule is CCC(F)CN1CCC(C(C)C)(C(F)(F)CC)CC1. The van der Waals surface area contributed by atoms with Crippen LogP contribution in [0.3, 0.4) is 0 Å². The lowest BCUT2D eigenvalue weighted by atomic mass is 9.65. The summed E-state index contributed by atoms with van der Waals surface area (Å²) in [5, 5.41) is 0. The third kappa shape index (κ3) is 3.45. The van der Waals surface area contributed by atoms with Crippen LogP contribution in [0.2, 0.25) is 0 Å². The van der Waals surface area contributed by atoms with Gasteiger partial charge in [0.1, 0.15) is 6.17 Å². The van der Waals surface area contributed by atoms with E-state index in [0.29, 0.717) is 38.9 Å². The Hall–Kier alpha value is -0.250. The molecule has 1 rings (SSSR count). The van der Waals surface area contributed by atoms with E-state index in [4.69, 9.17) is 0 Å². The molecule has 0 aliphatic carbocycles. The van der Waals surface area contributed by atoms with Gasteiger partial charge in [-0.25, -0.2) is 13.2 Å². The van der Waals surface area contributed by atoms with Gasteiger partial charge in [-0.2, -0.15) is 0 Å². The summed E-state index contributed by atoms with van der Waals surface area (Å²) >= 11 is 0. The predicted molar refractivity (Wildman–Crippen MR) is 73.4 cm³/mol. The van der Waals surface area contributed by atoms with Crippen molar-refractivity contribution in [1.82, 2.24) is 4.90 Å². The lowest BCUT2D eigenvalue weighted by Crippen LogP contribution is -2.53. The second-order valence-corrected chi connectivity index (χ2v) is 6.17. The van der Waals surface area contributed by atoms with Gasteiger partial charge in [0, 0.05) is 18.4 Å². The topological polar surface area (TPSA) is 3.24 Å². The van der Waals surface area contributed by atoms with Crippen LogP contribution in [-0.2, 0) is 0 Å². The quantitative estimate of drug-likeness (QED) is 0.691. The molecule has 0 radical (unpaired) electrons. The first-order valence-corrected chi connectivity index (χ1v) is 7.53. The molecule has 0 aromatic heterocycles. The van der Waals surface area contributed by atoms with Gasteiger partial charge in [0.15, 0.2) is 0 Å². The van der Waals surface area contributed by atoms with Crippen molar-refractivity contribution in [3.8, 4) is 0 Å². The zero-order valence-corrected chi connectivity index (χ0v) is 12.7. The average Bonchev–Trinajstić information content (AvgIpc) is 2.38. The molecule has 1 aliphatic heterocycles. The largest absolute Gasteiger partial charge is 0.300 e. The summed E-state index contributed by atoms with van der Waals surface area (Å²) < 4.78 is 42.0. The highest BCUT2D eigenvalue weighted by Crippen LogP contribution is 2.52. The number of hydrogen-bond donors (Lipinski definition) is 0. The van der Waals surface area contributed by atoms with Gasteiger partial charge in [-0.1, -0.05) is 27.7 Å². The predicted octanol–water partition coefficient (Wildman–Crippen LogP) is 4.52. The molecule has 0 aromatic carbocycles. The molecule has 1 nitrogen and oxygen atoms in total. The second-order valence-electron chi connectivity index (χ2n) is 6.17. The fraction of sp³-hybridized carbons (Fsp3) is 1.00. The van der Waals surface area contributed by atoms with Crippen LogP contribution in [0.25, 0.3) is 0 Å². The number of hydrogen-bond acceptors (Lipinski definition) is 1. The van der Waals surface area contributed by atoms with Gasteiger partial charge in [0.05, 0.1) is 0 Å². The summed E-state index contributed by atoms with van der Waals surface area (Å²) in [7, 11) is 0. The maximum atomic E-state index is 14.3.